The van der Waals surface area contributed by atoms with Gasteiger partial charge >= 0.3 is 7.12 Å². The zero-order valence-electron chi connectivity index (χ0n) is 13.2. The number of rotatable bonds is 6. The topological polar surface area (TPSA) is 88.6 Å². The average Bonchev–Trinajstić information content (AvgIpc) is 3.02. The minimum Gasteiger partial charge on any atom is -0.493 e. The Morgan fingerprint density at radius 1 is 1.08 bits per heavy atom. The van der Waals surface area contributed by atoms with Gasteiger partial charge in [-0.1, -0.05) is 36.4 Å². The van der Waals surface area contributed by atoms with Crippen LogP contribution in [-0.2, 0) is 6.42 Å². The molecule has 0 saturated heterocycles. The summed E-state index contributed by atoms with van der Waals surface area (Å²) in [5.74, 6) is 1.23. The summed E-state index contributed by atoms with van der Waals surface area (Å²) >= 11 is 0. The van der Waals surface area contributed by atoms with Crippen LogP contribution in [0.4, 0.5) is 0 Å². The highest BCUT2D eigenvalue weighted by Gasteiger charge is 2.21. The number of hydrogen-bond donors (Lipinski definition) is 2. The second kappa shape index (κ2) is 7.29. The van der Waals surface area contributed by atoms with E-state index in [1.54, 1.807) is 25.1 Å². The fraction of sp³-hybridized carbons (Fsp3) is 0.176. The first-order valence-electron chi connectivity index (χ1n) is 7.61. The Morgan fingerprint density at radius 2 is 1.88 bits per heavy atom. The van der Waals surface area contributed by atoms with Gasteiger partial charge in [-0.2, -0.15) is 0 Å². The van der Waals surface area contributed by atoms with E-state index in [1.807, 2.05) is 30.3 Å². The van der Waals surface area contributed by atoms with Crippen LogP contribution in [0.25, 0.3) is 11.5 Å². The van der Waals surface area contributed by atoms with Gasteiger partial charge in [0.1, 0.15) is 5.75 Å². The van der Waals surface area contributed by atoms with Gasteiger partial charge < -0.3 is 19.2 Å². The van der Waals surface area contributed by atoms with Crippen LogP contribution in [0.5, 0.6) is 5.75 Å². The summed E-state index contributed by atoms with van der Waals surface area (Å²) in [5, 5.41) is 26.7. The zero-order chi connectivity index (χ0) is 16.9. The molecule has 7 heteroatoms. The molecule has 0 aliphatic rings. The number of hydrogen-bond acceptors (Lipinski definition) is 6. The van der Waals surface area contributed by atoms with Crippen molar-refractivity contribution in [2.24, 2.45) is 0 Å². The summed E-state index contributed by atoms with van der Waals surface area (Å²) in [6, 6.07) is 15.0. The van der Waals surface area contributed by atoms with Crippen LogP contribution in [0.1, 0.15) is 11.5 Å². The highest BCUT2D eigenvalue weighted by molar-refractivity contribution is 6.60. The molecule has 1 aromatic heterocycles. The van der Waals surface area contributed by atoms with E-state index in [0.29, 0.717) is 23.8 Å². The van der Waals surface area contributed by atoms with E-state index in [9.17, 15) is 10.0 Å². The Morgan fingerprint density at radius 3 is 2.54 bits per heavy atom. The Labute approximate surface area is 139 Å². The van der Waals surface area contributed by atoms with E-state index in [1.165, 1.54) is 5.56 Å². The summed E-state index contributed by atoms with van der Waals surface area (Å²) in [6.45, 7) is 2.18. The Bertz CT molecular complexity index is 805. The average molecular weight is 324 g/mol. The van der Waals surface area contributed by atoms with E-state index in [-0.39, 0.29) is 11.4 Å². The van der Waals surface area contributed by atoms with Crippen molar-refractivity contribution in [2.45, 2.75) is 13.3 Å². The Hall–Kier alpha value is -2.64. The minimum atomic E-state index is -1.63. The van der Waals surface area contributed by atoms with Crippen molar-refractivity contribution in [1.29, 1.82) is 0 Å². The van der Waals surface area contributed by atoms with Gasteiger partial charge in [0.15, 0.2) is 0 Å². The van der Waals surface area contributed by atoms with Gasteiger partial charge in [-0.05, 0) is 23.2 Å². The third kappa shape index (κ3) is 3.82. The van der Waals surface area contributed by atoms with Gasteiger partial charge in [-0.25, -0.2) is 0 Å². The van der Waals surface area contributed by atoms with Crippen LogP contribution >= 0.6 is 0 Å². The molecule has 0 aliphatic heterocycles. The summed E-state index contributed by atoms with van der Waals surface area (Å²) in [6.07, 6.45) is 0.778. The van der Waals surface area contributed by atoms with Gasteiger partial charge in [0.05, 0.1) is 6.61 Å². The highest BCUT2D eigenvalue weighted by atomic mass is 16.5. The van der Waals surface area contributed by atoms with Crippen molar-refractivity contribution in [3.05, 3.63) is 60.0 Å². The van der Waals surface area contributed by atoms with Crippen molar-refractivity contribution < 1.29 is 19.2 Å². The van der Waals surface area contributed by atoms with Crippen LogP contribution in [0.15, 0.2) is 52.9 Å². The molecule has 2 aromatic carbocycles. The summed E-state index contributed by atoms with van der Waals surface area (Å²) < 4.78 is 11.1. The molecule has 0 unspecified atom stereocenters. The minimum absolute atomic E-state index is 0.226. The Kier molecular flexibility index (Phi) is 4.93. The summed E-state index contributed by atoms with van der Waals surface area (Å²) in [5.41, 5.74) is 1.92. The first kappa shape index (κ1) is 16.2. The highest BCUT2D eigenvalue weighted by Crippen LogP contribution is 2.22. The van der Waals surface area contributed by atoms with Gasteiger partial charge in [-0.15, -0.1) is 10.2 Å². The van der Waals surface area contributed by atoms with Crippen LogP contribution in [-0.4, -0.2) is 34.0 Å². The molecule has 0 aliphatic carbocycles. The van der Waals surface area contributed by atoms with E-state index in [4.69, 9.17) is 9.15 Å². The van der Waals surface area contributed by atoms with Crippen molar-refractivity contribution >= 4 is 12.6 Å². The third-order valence-corrected chi connectivity index (χ3v) is 3.56. The quantitative estimate of drug-likeness (QED) is 0.666. The molecule has 0 bridgehead atoms. The van der Waals surface area contributed by atoms with Gasteiger partial charge in [0.25, 0.3) is 0 Å². The monoisotopic (exact) mass is 324 g/mol. The van der Waals surface area contributed by atoms with Crippen LogP contribution in [0, 0.1) is 6.92 Å². The molecule has 6 nitrogen and oxygen atoms in total. The van der Waals surface area contributed by atoms with Gasteiger partial charge in [0, 0.05) is 18.9 Å². The molecule has 3 rings (SSSR count). The number of ether oxygens (including phenoxy) is 1. The van der Waals surface area contributed by atoms with E-state index < -0.39 is 7.12 Å². The molecule has 0 saturated carbocycles. The zero-order valence-corrected chi connectivity index (χ0v) is 13.2. The first-order chi connectivity index (χ1) is 11.6. The molecule has 1 heterocycles. The second-order valence-corrected chi connectivity index (χ2v) is 5.33. The lowest BCUT2D eigenvalue weighted by Crippen LogP contribution is -2.31. The number of nitrogens with zero attached hydrogens (tertiary/aromatic N) is 2. The lowest BCUT2D eigenvalue weighted by atomic mass is 9.77. The molecule has 0 amide bonds. The maximum atomic E-state index is 9.51. The van der Waals surface area contributed by atoms with Crippen molar-refractivity contribution in [3.63, 3.8) is 0 Å². The molecule has 0 spiro atoms. The summed E-state index contributed by atoms with van der Waals surface area (Å²) in [4.78, 5) is 0. The van der Waals surface area contributed by atoms with Crippen LogP contribution < -0.4 is 10.2 Å². The maximum absolute atomic E-state index is 9.51. The second-order valence-electron chi connectivity index (χ2n) is 5.33. The molecular weight excluding hydrogens is 307 g/mol. The maximum Gasteiger partial charge on any atom is 0.489 e. The molecule has 3 aromatic rings. The molecule has 0 radical (unpaired) electrons. The summed E-state index contributed by atoms with van der Waals surface area (Å²) in [7, 11) is -1.63. The van der Waals surface area contributed by atoms with Crippen molar-refractivity contribution in [1.82, 2.24) is 10.2 Å². The number of aromatic nitrogens is 2. The molecule has 24 heavy (non-hydrogen) atoms. The van der Waals surface area contributed by atoms with Gasteiger partial charge in [-0.3, -0.25) is 0 Å². The predicted molar refractivity (Wildman–Crippen MR) is 89.9 cm³/mol. The van der Waals surface area contributed by atoms with E-state index in [0.717, 1.165) is 6.42 Å². The van der Waals surface area contributed by atoms with Crippen LogP contribution in [0.2, 0.25) is 0 Å². The van der Waals surface area contributed by atoms with Crippen molar-refractivity contribution in [2.75, 3.05) is 6.61 Å². The smallest absolute Gasteiger partial charge is 0.489 e. The van der Waals surface area contributed by atoms with E-state index >= 15 is 0 Å². The van der Waals surface area contributed by atoms with Gasteiger partial charge in [0.2, 0.25) is 11.8 Å². The van der Waals surface area contributed by atoms with Crippen molar-refractivity contribution in [3.8, 4) is 17.2 Å². The molecule has 0 atom stereocenters. The largest absolute Gasteiger partial charge is 0.493 e. The lowest BCUT2D eigenvalue weighted by molar-refractivity contribution is 0.322. The SMILES string of the molecule is Cc1nnc(-c2cc(OCCc3ccccc3)ccc2B(O)O)o1. The molecular formula is C17H17BN2O4. The lowest BCUT2D eigenvalue weighted by Gasteiger charge is -2.10. The molecule has 0 fully saturated rings. The fourth-order valence-electron chi connectivity index (χ4n) is 2.37. The standard InChI is InChI=1S/C17H17BN2O4/c1-12-19-20-17(24-12)15-11-14(7-8-16(15)18(21)22)23-10-9-13-5-3-2-4-6-13/h2-8,11,21-22H,9-10H2,1H3. The fourth-order valence-corrected chi connectivity index (χ4v) is 2.37. The number of aryl methyl sites for hydroxylation is 1. The third-order valence-electron chi connectivity index (χ3n) is 3.56. The molecule has 122 valence electrons. The van der Waals surface area contributed by atoms with Crippen LogP contribution in [0.3, 0.4) is 0 Å². The molecule has 2 N–H and O–H groups in total. The number of benzene rings is 2. The first-order valence-corrected chi connectivity index (χ1v) is 7.61. The predicted octanol–water partition coefficient (Wildman–Crippen LogP) is 1.35. The Balaban J connectivity index is 1.77. The van der Waals surface area contributed by atoms with E-state index in [2.05, 4.69) is 10.2 Å². The normalized spacial score (nSPS) is 10.6.